The number of carbonyl (C=O) groups is 8. The molecule has 6 amide bonds. The van der Waals surface area contributed by atoms with E-state index in [0.29, 0.717) is 17.9 Å². The average molecular weight is 974 g/mol. The summed E-state index contributed by atoms with van der Waals surface area (Å²) in [7, 11) is 0. The Balaban J connectivity index is 1.83. The van der Waals surface area contributed by atoms with Crippen molar-refractivity contribution in [2.24, 2.45) is 17.4 Å². The highest BCUT2D eigenvalue weighted by molar-refractivity contribution is 7.98. The number of aliphatic carboxylic acids is 2. The van der Waals surface area contributed by atoms with E-state index in [4.69, 9.17) is 16.9 Å². The van der Waals surface area contributed by atoms with Gasteiger partial charge in [0, 0.05) is 48.4 Å². The third-order valence-corrected chi connectivity index (χ3v) is 11.8. The number of guanidine groups is 1. The minimum atomic E-state index is -1.55. The Hall–Kier alpha value is -6.34. The van der Waals surface area contributed by atoms with Crippen molar-refractivity contribution in [3.63, 3.8) is 0 Å². The minimum absolute atomic E-state index is 0.0478. The number of nitrogens with two attached hydrogens (primary N) is 2. The van der Waals surface area contributed by atoms with Gasteiger partial charge in [0.05, 0.1) is 18.1 Å². The number of thioether (sulfide) groups is 1. The van der Waals surface area contributed by atoms with Crippen LogP contribution >= 0.6 is 24.4 Å². The molecule has 0 saturated heterocycles. The Bertz CT molecular complexity index is 2160. The van der Waals surface area contributed by atoms with Crippen LogP contribution in [-0.4, -0.2) is 145 Å². The first kappa shape index (κ1) is 55.0. The molecule has 2 aromatic heterocycles. The van der Waals surface area contributed by atoms with Gasteiger partial charge in [0.15, 0.2) is 5.96 Å². The van der Waals surface area contributed by atoms with Crippen LogP contribution in [0.2, 0.25) is 0 Å². The van der Waals surface area contributed by atoms with Gasteiger partial charge < -0.3 is 68.9 Å². The zero-order chi connectivity index (χ0) is 49.6. The first-order chi connectivity index (χ1) is 31.9. The minimum Gasteiger partial charge on any atom is -0.481 e. The summed E-state index contributed by atoms with van der Waals surface area (Å²) in [5.74, 6) is -8.26. The summed E-state index contributed by atoms with van der Waals surface area (Å²) in [6.07, 6.45) is 5.86. The molecule has 0 radical (unpaired) electrons. The monoisotopic (exact) mass is 973 g/mol. The Labute approximate surface area is 396 Å². The molecule has 0 fully saturated rings. The standard InChI is InChI=1S/C42H63N13O10S2/c1-4-22(2)34(41(64)65)55-39(62)31(17-24-19-46-21-49-24)53-38(61)30(13-15-67-3)52-36(59)28(10-7-14-47-42(44)45)50-37(60)29(11-12-33(56)57)51-40(63)32(20-66)54-35(58)26(43)16-23-18-48-27-9-6-5-8-25(23)27/h5-6,8-9,18-19,21-22,26,28-32,34,48,66H,4,7,10-17,20,43H2,1-3H3,(H,46,49)(H,50,60)(H,51,63)(H,52,59)(H,53,61)(H,54,58)(H,55,62)(H,56,57)(H,64,65)(H4,44,45,47)/t22-,26-,28-,29-,30-,31-,32-,34-/m0/s1. The van der Waals surface area contributed by atoms with E-state index in [1.807, 2.05) is 24.3 Å². The molecule has 3 rings (SSSR count). The molecule has 0 unspecified atom stereocenters. The number of thiol groups is 1. The van der Waals surface area contributed by atoms with Gasteiger partial charge in [0.25, 0.3) is 0 Å². The molecular weight excluding hydrogens is 911 g/mol. The summed E-state index contributed by atoms with van der Waals surface area (Å²) in [5, 5.41) is 45.6. The lowest BCUT2D eigenvalue weighted by Crippen LogP contribution is -2.60. The number of para-hydroxylation sites is 1. The lowest BCUT2D eigenvalue weighted by atomic mass is 9.98. The molecule has 0 aliphatic heterocycles. The van der Waals surface area contributed by atoms with E-state index >= 15 is 0 Å². The number of aromatic amines is 2. The number of nitrogens with one attached hydrogen (secondary N) is 10. The molecule has 0 bridgehead atoms. The van der Waals surface area contributed by atoms with Gasteiger partial charge in [-0.3, -0.25) is 39.0 Å². The average Bonchev–Trinajstić information content (AvgIpc) is 3.97. The summed E-state index contributed by atoms with van der Waals surface area (Å²) in [5.41, 5.74) is 13.6. The SMILES string of the molecule is CC[C@H](C)[C@H](NC(=O)[C@H](Cc1c[nH]cn1)NC(=O)[C@H](CCSC)NC(=O)[C@H](CCCNC(=N)N)NC(=O)[C@H](CCC(=O)O)NC(=O)[C@H](CS)NC(=O)[C@@H](N)Cc1c[nH]c2ccccc12)C(=O)O. The topological polar surface area (TPSA) is 382 Å². The molecule has 2 heterocycles. The highest BCUT2D eigenvalue weighted by atomic mass is 32.2. The Morgan fingerprint density at radius 1 is 0.806 bits per heavy atom. The number of H-pyrrole nitrogens is 2. The van der Waals surface area contributed by atoms with Crippen LogP contribution < -0.4 is 48.7 Å². The van der Waals surface area contributed by atoms with Crippen molar-refractivity contribution >= 4 is 88.6 Å². The van der Waals surface area contributed by atoms with E-state index in [0.717, 1.165) is 16.5 Å². The molecule has 23 nitrogen and oxygen atoms in total. The van der Waals surface area contributed by atoms with Gasteiger partial charge in [-0.2, -0.15) is 24.4 Å². The predicted molar refractivity (Wildman–Crippen MR) is 254 cm³/mol. The second kappa shape index (κ2) is 28.0. The van der Waals surface area contributed by atoms with Crippen LogP contribution in [0.3, 0.4) is 0 Å². The van der Waals surface area contributed by atoms with Crippen molar-refractivity contribution < 1.29 is 48.6 Å². The van der Waals surface area contributed by atoms with Gasteiger partial charge in [-0.25, -0.2) is 9.78 Å². The molecule has 0 spiro atoms. The second-order valence-corrected chi connectivity index (χ2v) is 17.2. The first-order valence-electron chi connectivity index (χ1n) is 21.6. The maximum atomic E-state index is 14.1. The number of aromatic nitrogens is 3. The number of carboxylic acid groups (broad SMARTS) is 2. The summed E-state index contributed by atoms with van der Waals surface area (Å²) in [6, 6.07) is -1.82. The number of amides is 6. The summed E-state index contributed by atoms with van der Waals surface area (Å²) >= 11 is 5.57. The summed E-state index contributed by atoms with van der Waals surface area (Å²) in [6.45, 7) is 3.52. The Morgan fingerprint density at radius 2 is 1.39 bits per heavy atom. The molecule has 0 aliphatic rings. The molecule has 0 saturated carbocycles. The van der Waals surface area contributed by atoms with E-state index in [9.17, 15) is 48.6 Å². The van der Waals surface area contributed by atoms with Gasteiger partial charge in [0.2, 0.25) is 35.4 Å². The lowest BCUT2D eigenvalue weighted by Gasteiger charge is -2.28. The van der Waals surface area contributed by atoms with Crippen LogP contribution in [0.25, 0.3) is 10.9 Å². The third-order valence-electron chi connectivity index (χ3n) is 10.8. The quantitative estimate of drug-likeness (QED) is 0.0162. The molecule has 8 atom stereocenters. The number of carbonyl (C=O) groups excluding carboxylic acids is 6. The van der Waals surface area contributed by atoms with Crippen molar-refractivity contribution in [1.82, 2.24) is 52.2 Å². The summed E-state index contributed by atoms with van der Waals surface area (Å²) < 4.78 is 0. The maximum absolute atomic E-state index is 14.1. The molecule has 3 aromatic rings. The van der Waals surface area contributed by atoms with Gasteiger partial charge in [-0.1, -0.05) is 38.5 Å². The number of rotatable bonds is 30. The van der Waals surface area contributed by atoms with Crippen molar-refractivity contribution in [2.45, 2.75) is 108 Å². The molecule has 16 N–H and O–H groups in total. The van der Waals surface area contributed by atoms with Gasteiger partial charge in [0.1, 0.15) is 36.3 Å². The highest BCUT2D eigenvalue weighted by Crippen LogP contribution is 2.19. The predicted octanol–water partition coefficient (Wildman–Crippen LogP) is -1.15. The fourth-order valence-corrected chi connectivity index (χ4v) is 7.52. The van der Waals surface area contributed by atoms with Crippen molar-refractivity contribution in [2.75, 3.05) is 24.3 Å². The largest absolute Gasteiger partial charge is 0.481 e. The molecule has 67 heavy (non-hydrogen) atoms. The zero-order valence-electron chi connectivity index (χ0n) is 37.6. The fourth-order valence-electron chi connectivity index (χ4n) is 6.79. The zero-order valence-corrected chi connectivity index (χ0v) is 39.3. The van der Waals surface area contributed by atoms with E-state index in [-0.39, 0.29) is 50.4 Å². The van der Waals surface area contributed by atoms with Crippen molar-refractivity contribution in [3.05, 3.63) is 54.2 Å². The van der Waals surface area contributed by atoms with Gasteiger partial charge >= 0.3 is 11.9 Å². The lowest BCUT2D eigenvalue weighted by molar-refractivity contribution is -0.144. The molecular formula is C42H63N13O10S2. The number of carboxylic acids is 2. The molecule has 0 aliphatic carbocycles. The smallest absolute Gasteiger partial charge is 0.326 e. The van der Waals surface area contributed by atoms with Crippen LogP contribution in [0.4, 0.5) is 0 Å². The number of nitrogens with zero attached hydrogens (tertiary/aromatic N) is 1. The number of benzene rings is 1. The number of fused-ring (bicyclic) bond motifs is 1. The van der Waals surface area contributed by atoms with E-state index in [2.05, 4.69) is 64.8 Å². The van der Waals surface area contributed by atoms with E-state index in [1.165, 1.54) is 24.3 Å². The van der Waals surface area contributed by atoms with Crippen LogP contribution in [0.15, 0.2) is 43.0 Å². The summed E-state index contributed by atoms with van der Waals surface area (Å²) in [4.78, 5) is 116. The number of hydrogen-bond donors (Lipinski definition) is 15. The van der Waals surface area contributed by atoms with Gasteiger partial charge in [-0.05, 0) is 61.7 Å². The molecule has 25 heteroatoms. The highest BCUT2D eigenvalue weighted by Gasteiger charge is 2.35. The van der Waals surface area contributed by atoms with E-state index in [1.54, 1.807) is 26.3 Å². The first-order valence-corrected chi connectivity index (χ1v) is 23.6. The van der Waals surface area contributed by atoms with Crippen LogP contribution in [0.1, 0.15) is 63.6 Å². The number of imidazole rings is 1. The second-order valence-electron chi connectivity index (χ2n) is 15.8. The third kappa shape index (κ3) is 18.1. The Morgan fingerprint density at radius 3 is 1.96 bits per heavy atom. The van der Waals surface area contributed by atoms with Crippen LogP contribution in [0.5, 0.6) is 0 Å². The molecule has 1 aromatic carbocycles. The Kier molecular flexibility index (Phi) is 23.0. The van der Waals surface area contributed by atoms with Crippen LogP contribution in [-0.2, 0) is 51.2 Å². The van der Waals surface area contributed by atoms with E-state index < -0.39 is 108 Å². The fraction of sp³-hybridized carbons (Fsp3) is 0.524. The maximum Gasteiger partial charge on any atom is 0.326 e. The van der Waals surface area contributed by atoms with Gasteiger partial charge in [-0.15, -0.1) is 0 Å². The van der Waals surface area contributed by atoms with Crippen molar-refractivity contribution in [1.29, 1.82) is 5.41 Å². The normalized spacial score (nSPS) is 14.7. The van der Waals surface area contributed by atoms with Crippen LogP contribution in [0, 0.1) is 11.3 Å². The number of hydrogen-bond acceptors (Lipinski definition) is 13. The van der Waals surface area contributed by atoms with Crippen molar-refractivity contribution in [3.8, 4) is 0 Å². The molecule has 368 valence electrons.